The fraction of sp³-hybridized carbons (Fsp3) is 0.524. The highest BCUT2D eigenvalue weighted by atomic mass is 32.1. The molecule has 4 heterocycles. The summed E-state index contributed by atoms with van der Waals surface area (Å²) in [6, 6.07) is 2.53. The molecule has 1 aliphatic carbocycles. The number of aromatic nitrogens is 4. The molecule has 0 unspecified atom stereocenters. The molecule has 0 amide bonds. The molecule has 0 spiro atoms. The summed E-state index contributed by atoms with van der Waals surface area (Å²) < 4.78 is 0. The third-order valence-corrected chi connectivity index (χ3v) is 7.06. The molecule has 1 saturated heterocycles. The van der Waals surface area contributed by atoms with Crippen LogP contribution >= 0.6 is 11.3 Å². The molecule has 0 atom stereocenters. The first-order valence-corrected chi connectivity index (χ1v) is 11.1. The van der Waals surface area contributed by atoms with Gasteiger partial charge in [-0.15, -0.1) is 11.3 Å². The maximum Gasteiger partial charge on any atom is 0.138 e. The Morgan fingerprint density at radius 2 is 1.89 bits per heavy atom. The van der Waals surface area contributed by atoms with E-state index in [0.29, 0.717) is 6.04 Å². The van der Waals surface area contributed by atoms with E-state index in [-0.39, 0.29) is 0 Å². The highest BCUT2D eigenvalue weighted by molar-refractivity contribution is 7.19. The molecule has 1 N–H and O–H groups in total. The Hall–Kier alpha value is -2.28. The number of nitrogens with zero attached hydrogens (tertiary/aromatic N) is 5. The molecule has 146 valence electrons. The van der Waals surface area contributed by atoms with Crippen LogP contribution in [0.2, 0.25) is 0 Å². The van der Waals surface area contributed by atoms with Gasteiger partial charge in [0.05, 0.1) is 5.39 Å². The summed E-state index contributed by atoms with van der Waals surface area (Å²) in [6.45, 7) is 6.01. The predicted octanol–water partition coefficient (Wildman–Crippen LogP) is 4.06. The number of rotatable bonds is 3. The van der Waals surface area contributed by atoms with E-state index < -0.39 is 0 Å². The highest BCUT2D eigenvalue weighted by Gasteiger charge is 2.24. The highest BCUT2D eigenvalue weighted by Crippen LogP contribution is 2.38. The third-order valence-electron chi connectivity index (χ3n) is 5.86. The Balaban J connectivity index is 1.32. The van der Waals surface area contributed by atoms with E-state index >= 15 is 0 Å². The van der Waals surface area contributed by atoms with Gasteiger partial charge in [-0.2, -0.15) is 0 Å². The zero-order valence-electron chi connectivity index (χ0n) is 16.5. The molecular formula is C21H26N6S. The SMILES string of the molecule is Cc1cc(N2CCC(Nc3ncnc4sc5c(c34)CCCC5)CC2)nc(C)n1. The van der Waals surface area contributed by atoms with Gasteiger partial charge in [-0.3, -0.25) is 0 Å². The van der Waals surface area contributed by atoms with Gasteiger partial charge in [-0.05, 0) is 57.9 Å². The summed E-state index contributed by atoms with van der Waals surface area (Å²) in [5.41, 5.74) is 2.53. The molecule has 5 rings (SSSR count). The average Bonchev–Trinajstić information content (AvgIpc) is 3.07. The second-order valence-corrected chi connectivity index (χ2v) is 9.02. The minimum absolute atomic E-state index is 0.442. The lowest BCUT2D eigenvalue weighted by atomic mass is 9.96. The molecule has 3 aromatic heterocycles. The second-order valence-electron chi connectivity index (χ2n) is 7.93. The Bertz CT molecular complexity index is 985. The average molecular weight is 395 g/mol. The van der Waals surface area contributed by atoms with E-state index in [1.165, 1.54) is 41.5 Å². The van der Waals surface area contributed by atoms with Crippen LogP contribution < -0.4 is 10.2 Å². The fourth-order valence-corrected chi connectivity index (χ4v) is 5.73. The van der Waals surface area contributed by atoms with Crippen molar-refractivity contribution in [1.29, 1.82) is 0 Å². The second kappa shape index (κ2) is 7.28. The zero-order chi connectivity index (χ0) is 19.1. The Morgan fingerprint density at radius 3 is 2.71 bits per heavy atom. The first-order chi connectivity index (χ1) is 13.7. The van der Waals surface area contributed by atoms with E-state index in [2.05, 4.69) is 36.2 Å². The van der Waals surface area contributed by atoms with Crippen molar-refractivity contribution in [3.8, 4) is 0 Å². The molecule has 7 heteroatoms. The van der Waals surface area contributed by atoms with Gasteiger partial charge in [0.2, 0.25) is 0 Å². The number of aryl methyl sites for hydroxylation is 4. The Morgan fingerprint density at radius 1 is 1.07 bits per heavy atom. The molecule has 1 fully saturated rings. The Kier molecular flexibility index (Phi) is 4.62. The van der Waals surface area contributed by atoms with Crippen molar-refractivity contribution in [3.63, 3.8) is 0 Å². The number of piperidine rings is 1. The van der Waals surface area contributed by atoms with Crippen molar-refractivity contribution in [2.75, 3.05) is 23.3 Å². The topological polar surface area (TPSA) is 66.8 Å². The number of nitrogens with one attached hydrogen (secondary N) is 1. The fourth-order valence-electron chi connectivity index (χ4n) is 4.51. The van der Waals surface area contributed by atoms with Crippen LogP contribution in [0.15, 0.2) is 12.4 Å². The van der Waals surface area contributed by atoms with E-state index in [1.54, 1.807) is 6.33 Å². The van der Waals surface area contributed by atoms with Crippen molar-refractivity contribution in [1.82, 2.24) is 19.9 Å². The molecule has 0 saturated carbocycles. The van der Waals surface area contributed by atoms with Gasteiger partial charge in [-0.25, -0.2) is 19.9 Å². The quantitative estimate of drug-likeness (QED) is 0.723. The summed E-state index contributed by atoms with van der Waals surface area (Å²) in [5, 5.41) is 5.03. The molecule has 0 aromatic carbocycles. The van der Waals surface area contributed by atoms with E-state index in [9.17, 15) is 0 Å². The lowest BCUT2D eigenvalue weighted by molar-refractivity contribution is 0.522. The van der Waals surface area contributed by atoms with Crippen LogP contribution in [0.1, 0.15) is 47.6 Å². The lowest BCUT2D eigenvalue weighted by Crippen LogP contribution is -2.39. The largest absolute Gasteiger partial charge is 0.367 e. The van der Waals surface area contributed by atoms with Crippen LogP contribution in [0, 0.1) is 13.8 Å². The van der Waals surface area contributed by atoms with Crippen molar-refractivity contribution in [3.05, 3.63) is 34.4 Å². The standard InChI is InChI=1S/C21H26N6S/c1-13-11-18(25-14(2)24-13)27-9-7-15(8-10-27)26-20-19-16-5-3-4-6-17(16)28-21(19)23-12-22-20/h11-12,15H,3-10H2,1-2H3,(H,22,23,26). The number of anilines is 2. The first kappa shape index (κ1) is 17.8. The van der Waals surface area contributed by atoms with Crippen LogP contribution in [-0.4, -0.2) is 39.1 Å². The lowest BCUT2D eigenvalue weighted by Gasteiger charge is -2.33. The first-order valence-electron chi connectivity index (χ1n) is 10.3. The maximum absolute atomic E-state index is 4.63. The summed E-state index contributed by atoms with van der Waals surface area (Å²) in [5.74, 6) is 2.94. The molecule has 1 aliphatic heterocycles. The maximum atomic E-state index is 4.63. The van der Waals surface area contributed by atoms with E-state index in [4.69, 9.17) is 0 Å². The molecule has 3 aromatic rings. The molecule has 2 aliphatic rings. The summed E-state index contributed by atoms with van der Waals surface area (Å²) >= 11 is 1.86. The minimum Gasteiger partial charge on any atom is -0.367 e. The number of hydrogen-bond donors (Lipinski definition) is 1. The molecule has 28 heavy (non-hydrogen) atoms. The normalized spacial score (nSPS) is 17.7. The monoisotopic (exact) mass is 394 g/mol. The molecule has 6 nitrogen and oxygen atoms in total. The van der Waals surface area contributed by atoms with Gasteiger partial charge in [0, 0.05) is 35.8 Å². The smallest absolute Gasteiger partial charge is 0.138 e. The number of thiophene rings is 1. The van der Waals surface area contributed by atoms with Crippen molar-refractivity contribution >= 4 is 33.2 Å². The molecular weight excluding hydrogens is 368 g/mol. The van der Waals surface area contributed by atoms with Crippen molar-refractivity contribution in [2.24, 2.45) is 0 Å². The van der Waals surface area contributed by atoms with Gasteiger partial charge in [0.15, 0.2) is 0 Å². The van der Waals surface area contributed by atoms with Crippen LogP contribution in [0.5, 0.6) is 0 Å². The van der Waals surface area contributed by atoms with E-state index in [1.807, 2.05) is 25.2 Å². The summed E-state index contributed by atoms with van der Waals surface area (Å²) in [7, 11) is 0. The summed E-state index contributed by atoms with van der Waals surface area (Å²) in [4.78, 5) is 23.3. The van der Waals surface area contributed by atoms with Gasteiger partial charge >= 0.3 is 0 Å². The van der Waals surface area contributed by atoms with Crippen molar-refractivity contribution in [2.45, 2.75) is 58.4 Å². The number of fused-ring (bicyclic) bond motifs is 3. The number of hydrogen-bond acceptors (Lipinski definition) is 7. The zero-order valence-corrected chi connectivity index (χ0v) is 17.3. The van der Waals surface area contributed by atoms with Crippen LogP contribution in [0.3, 0.4) is 0 Å². The van der Waals surface area contributed by atoms with Crippen LogP contribution in [-0.2, 0) is 12.8 Å². The minimum atomic E-state index is 0.442. The van der Waals surface area contributed by atoms with Gasteiger partial charge < -0.3 is 10.2 Å². The third kappa shape index (κ3) is 3.32. The van der Waals surface area contributed by atoms with Gasteiger partial charge in [0.1, 0.15) is 28.6 Å². The molecule has 0 bridgehead atoms. The predicted molar refractivity (Wildman–Crippen MR) is 114 cm³/mol. The van der Waals surface area contributed by atoms with Crippen LogP contribution in [0.4, 0.5) is 11.6 Å². The van der Waals surface area contributed by atoms with Crippen molar-refractivity contribution < 1.29 is 0 Å². The van der Waals surface area contributed by atoms with Crippen LogP contribution in [0.25, 0.3) is 10.2 Å². The van der Waals surface area contributed by atoms with Gasteiger partial charge in [0.25, 0.3) is 0 Å². The van der Waals surface area contributed by atoms with Gasteiger partial charge in [-0.1, -0.05) is 0 Å². The summed E-state index contributed by atoms with van der Waals surface area (Å²) in [6.07, 6.45) is 8.84. The van der Waals surface area contributed by atoms with E-state index in [0.717, 1.165) is 53.9 Å². The Labute approximate surface area is 169 Å². The molecule has 0 radical (unpaired) electrons.